The highest BCUT2D eigenvalue weighted by atomic mass is 35.5. The van der Waals surface area contributed by atoms with Gasteiger partial charge in [0, 0.05) is 10.4 Å². The lowest BCUT2D eigenvalue weighted by molar-refractivity contribution is -0.132. The van der Waals surface area contributed by atoms with Crippen molar-refractivity contribution in [3.05, 3.63) is 80.8 Å². The third-order valence-electron chi connectivity index (χ3n) is 5.21. The Morgan fingerprint density at radius 2 is 1.87 bits per heavy atom. The van der Waals surface area contributed by atoms with Gasteiger partial charge in [-0.05, 0) is 37.6 Å². The van der Waals surface area contributed by atoms with Crippen LogP contribution in [0.15, 0.2) is 54.1 Å². The first-order valence-corrected chi connectivity index (χ1v) is 10.7. The minimum absolute atomic E-state index is 0.0112. The van der Waals surface area contributed by atoms with Gasteiger partial charge in [-0.2, -0.15) is 0 Å². The number of aliphatic hydroxyl groups excluding tert-OH is 1. The van der Waals surface area contributed by atoms with Crippen LogP contribution in [0.25, 0.3) is 5.76 Å². The number of halogens is 1. The predicted molar refractivity (Wildman–Crippen MR) is 121 cm³/mol. The van der Waals surface area contributed by atoms with Gasteiger partial charge in [0.25, 0.3) is 5.78 Å². The Hall–Kier alpha value is -3.16. The average molecular weight is 455 g/mol. The first kappa shape index (κ1) is 21.1. The molecule has 6 nitrogen and oxygen atoms in total. The summed E-state index contributed by atoms with van der Waals surface area (Å²) in [5, 5.41) is 11.8. The number of thiazole rings is 1. The highest BCUT2D eigenvalue weighted by Gasteiger charge is 2.48. The normalized spacial score (nSPS) is 17.9. The van der Waals surface area contributed by atoms with E-state index in [4.69, 9.17) is 16.3 Å². The van der Waals surface area contributed by atoms with Gasteiger partial charge in [0.05, 0.1) is 29.4 Å². The predicted octanol–water partition coefficient (Wildman–Crippen LogP) is 5.05. The lowest BCUT2D eigenvalue weighted by Crippen LogP contribution is -2.29. The third-order valence-corrected chi connectivity index (χ3v) is 6.58. The van der Waals surface area contributed by atoms with E-state index in [0.29, 0.717) is 22.0 Å². The molecule has 0 bridgehead atoms. The Balaban J connectivity index is 1.93. The Labute approximate surface area is 188 Å². The molecule has 31 heavy (non-hydrogen) atoms. The fourth-order valence-corrected chi connectivity index (χ4v) is 4.70. The Morgan fingerprint density at radius 1 is 1.16 bits per heavy atom. The van der Waals surface area contributed by atoms with E-state index in [0.717, 1.165) is 10.6 Å². The number of amides is 1. The van der Waals surface area contributed by atoms with Gasteiger partial charge in [0.1, 0.15) is 11.5 Å². The molecule has 0 spiro atoms. The second-order valence-corrected chi connectivity index (χ2v) is 8.66. The molecule has 0 aliphatic carbocycles. The molecule has 8 heteroatoms. The van der Waals surface area contributed by atoms with Crippen molar-refractivity contribution in [3.8, 4) is 5.75 Å². The number of carbonyl (C=O) groups excluding carboxylic acids is 2. The quantitative estimate of drug-likeness (QED) is 0.339. The fraction of sp³-hybridized carbons (Fsp3) is 0.174. The van der Waals surface area contributed by atoms with Crippen molar-refractivity contribution >= 4 is 45.5 Å². The number of ketones is 1. The summed E-state index contributed by atoms with van der Waals surface area (Å²) in [7, 11) is 1.49. The summed E-state index contributed by atoms with van der Waals surface area (Å²) >= 11 is 7.55. The van der Waals surface area contributed by atoms with E-state index in [1.807, 2.05) is 44.2 Å². The number of aromatic nitrogens is 1. The topological polar surface area (TPSA) is 79.7 Å². The molecule has 2 heterocycles. The molecule has 1 fully saturated rings. The zero-order valence-electron chi connectivity index (χ0n) is 17.0. The van der Waals surface area contributed by atoms with Gasteiger partial charge in [-0.25, -0.2) is 4.98 Å². The fourth-order valence-electron chi connectivity index (χ4n) is 3.51. The average Bonchev–Trinajstić information content (AvgIpc) is 3.23. The number of ether oxygens (including phenoxy) is 1. The van der Waals surface area contributed by atoms with Gasteiger partial charge in [0.15, 0.2) is 5.13 Å². The molecule has 158 valence electrons. The number of methoxy groups -OCH3 is 1. The minimum atomic E-state index is -0.813. The number of anilines is 1. The molecule has 1 aliphatic rings. The Morgan fingerprint density at radius 3 is 2.45 bits per heavy atom. The van der Waals surface area contributed by atoms with Crippen molar-refractivity contribution in [3.63, 3.8) is 0 Å². The van der Waals surface area contributed by atoms with Crippen molar-refractivity contribution < 1.29 is 19.4 Å². The Bertz CT molecular complexity index is 1200. The summed E-state index contributed by atoms with van der Waals surface area (Å²) in [6, 6.07) is 13.0. The lowest BCUT2D eigenvalue weighted by Gasteiger charge is -2.23. The number of hydrogen-bond donors (Lipinski definition) is 1. The van der Waals surface area contributed by atoms with Gasteiger partial charge in [0.2, 0.25) is 0 Å². The van der Waals surface area contributed by atoms with Crippen LogP contribution in [0, 0.1) is 13.8 Å². The molecular formula is C23H19ClN2O4S. The van der Waals surface area contributed by atoms with Crippen LogP contribution in [0.5, 0.6) is 5.75 Å². The van der Waals surface area contributed by atoms with Crippen LogP contribution in [0.2, 0.25) is 5.02 Å². The highest BCUT2D eigenvalue weighted by molar-refractivity contribution is 7.16. The minimum Gasteiger partial charge on any atom is -0.507 e. The first-order chi connectivity index (χ1) is 14.8. The lowest BCUT2D eigenvalue weighted by atomic mass is 9.95. The highest BCUT2D eigenvalue weighted by Crippen LogP contribution is 2.44. The number of rotatable bonds is 4. The molecule has 2 aromatic carbocycles. The standard InChI is InChI=1S/C23H19ClN2O4S/c1-12-13(2)31-23(25-12)26-19(14-7-5-4-6-8-14)18(21(28)22(26)29)20(27)15-9-10-17(30-3)16(24)11-15/h4-11,19,27H,1-3H3/t19-/m1/s1. The molecule has 0 unspecified atom stereocenters. The molecule has 1 amide bonds. The molecule has 1 aliphatic heterocycles. The van der Waals surface area contributed by atoms with Crippen molar-refractivity contribution in [2.24, 2.45) is 0 Å². The van der Waals surface area contributed by atoms with Crippen molar-refractivity contribution in [1.82, 2.24) is 4.98 Å². The van der Waals surface area contributed by atoms with E-state index in [1.54, 1.807) is 12.1 Å². The van der Waals surface area contributed by atoms with E-state index in [1.165, 1.54) is 29.4 Å². The summed E-state index contributed by atoms with van der Waals surface area (Å²) in [6.45, 7) is 3.76. The molecule has 0 radical (unpaired) electrons. The largest absolute Gasteiger partial charge is 0.507 e. The maximum atomic E-state index is 13.1. The van der Waals surface area contributed by atoms with Gasteiger partial charge in [-0.1, -0.05) is 41.9 Å². The van der Waals surface area contributed by atoms with Crippen LogP contribution in [-0.4, -0.2) is 28.9 Å². The number of Topliss-reactive ketones (excluding diaryl/α,β-unsaturated/α-hetero) is 1. The molecule has 1 N–H and O–H groups in total. The van der Waals surface area contributed by atoms with E-state index in [-0.39, 0.29) is 16.4 Å². The number of nitrogens with zero attached hydrogens (tertiary/aromatic N) is 2. The zero-order valence-corrected chi connectivity index (χ0v) is 18.6. The van der Waals surface area contributed by atoms with Crippen LogP contribution < -0.4 is 9.64 Å². The number of aryl methyl sites for hydroxylation is 2. The summed E-state index contributed by atoms with van der Waals surface area (Å²) in [6.07, 6.45) is 0. The molecule has 0 saturated carbocycles. The van der Waals surface area contributed by atoms with Crippen LogP contribution >= 0.6 is 22.9 Å². The first-order valence-electron chi connectivity index (χ1n) is 9.47. The molecule has 1 saturated heterocycles. The third kappa shape index (κ3) is 3.60. The summed E-state index contributed by atoms with van der Waals surface area (Å²) in [4.78, 5) is 33.0. The van der Waals surface area contributed by atoms with Crippen molar-refractivity contribution in [2.45, 2.75) is 19.9 Å². The van der Waals surface area contributed by atoms with Gasteiger partial charge < -0.3 is 9.84 Å². The van der Waals surface area contributed by atoms with E-state index >= 15 is 0 Å². The number of carbonyl (C=O) groups is 2. The SMILES string of the molecule is COc1ccc(C(O)=C2C(=O)C(=O)N(c3nc(C)c(C)s3)[C@@H]2c2ccccc2)cc1Cl. The van der Waals surface area contributed by atoms with E-state index < -0.39 is 17.7 Å². The maximum Gasteiger partial charge on any atom is 0.301 e. The second kappa shape index (κ2) is 8.17. The number of aliphatic hydroxyl groups is 1. The second-order valence-electron chi connectivity index (χ2n) is 7.07. The number of hydrogen-bond acceptors (Lipinski definition) is 6. The molecule has 4 rings (SSSR count). The van der Waals surface area contributed by atoms with Crippen LogP contribution in [0.4, 0.5) is 5.13 Å². The Kier molecular flexibility index (Phi) is 5.56. The van der Waals surface area contributed by atoms with E-state index in [9.17, 15) is 14.7 Å². The molecule has 1 atom stereocenters. The zero-order chi connectivity index (χ0) is 22.3. The number of benzene rings is 2. The van der Waals surface area contributed by atoms with Gasteiger partial charge >= 0.3 is 5.91 Å². The van der Waals surface area contributed by atoms with Crippen molar-refractivity contribution in [1.29, 1.82) is 0 Å². The monoisotopic (exact) mass is 454 g/mol. The molecule has 3 aromatic rings. The smallest absolute Gasteiger partial charge is 0.301 e. The van der Waals surface area contributed by atoms with Gasteiger partial charge in [-0.3, -0.25) is 14.5 Å². The van der Waals surface area contributed by atoms with Crippen LogP contribution in [0.1, 0.15) is 27.7 Å². The van der Waals surface area contributed by atoms with E-state index in [2.05, 4.69) is 4.98 Å². The van der Waals surface area contributed by atoms with Crippen LogP contribution in [-0.2, 0) is 9.59 Å². The van der Waals surface area contributed by atoms with Crippen LogP contribution in [0.3, 0.4) is 0 Å². The maximum absolute atomic E-state index is 13.1. The summed E-state index contributed by atoms with van der Waals surface area (Å²) in [5.74, 6) is -1.37. The van der Waals surface area contributed by atoms with Gasteiger partial charge in [-0.15, -0.1) is 11.3 Å². The summed E-state index contributed by atoms with van der Waals surface area (Å²) in [5.41, 5.74) is 1.78. The molecule has 1 aromatic heterocycles. The van der Waals surface area contributed by atoms with Crippen molar-refractivity contribution in [2.75, 3.05) is 12.0 Å². The molecular weight excluding hydrogens is 436 g/mol. The summed E-state index contributed by atoms with van der Waals surface area (Å²) < 4.78 is 5.16.